The van der Waals surface area contributed by atoms with Gasteiger partial charge < -0.3 is 11.5 Å². The van der Waals surface area contributed by atoms with Crippen LogP contribution in [0.15, 0.2) is 40.1 Å². The maximum Gasteiger partial charge on any atom is 0.221 e. The van der Waals surface area contributed by atoms with Crippen LogP contribution < -0.4 is 11.5 Å². The van der Waals surface area contributed by atoms with Gasteiger partial charge in [0.2, 0.25) is 5.95 Å². The van der Waals surface area contributed by atoms with Crippen molar-refractivity contribution in [2.45, 2.75) is 80.6 Å². The van der Waals surface area contributed by atoms with E-state index in [2.05, 4.69) is 77.4 Å². The summed E-state index contributed by atoms with van der Waals surface area (Å²) in [5.74, 6) is 4.45. The lowest BCUT2D eigenvalue weighted by Crippen LogP contribution is -2.12. The first kappa shape index (κ1) is 25.5. The fourth-order valence-corrected chi connectivity index (χ4v) is 3.78. The van der Waals surface area contributed by atoms with Crippen LogP contribution in [0.25, 0.3) is 0 Å². The second kappa shape index (κ2) is 11.6. The molecule has 1 aromatic heterocycles. The van der Waals surface area contributed by atoms with Crippen molar-refractivity contribution in [3.63, 3.8) is 0 Å². The highest BCUT2D eigenvalue weighted by atomic mass is 15.0. The van der Waals surface area contributed by atoms with Crippen LogP contribution >= 0.6 is 0 Å². The Morgan fingerprint density at radius 3 is 2.20 bits per heavy atom. The molecule has 1 heterocycles. The van der Waals surface area contributed by atoms with Gasteiger partial charge in [0.05, 0.1) is 0 Å². The molecule has 0 spiro atoms. The largest absolute Gasteiger partial charge is 0.383 e. The predicted octanol–water partition coefficient (Wildman–Crippen LogP) is 6.44. The van der Waals surface area contributed by atoms with Gasteiger partial charge in [-0.05, 0) is 62.2 Å². The minimum atomic E-state index is 0.0523. The van der Waals surface area contributed by atoms with E-state index < -0.39 is 0 Å². The predicted molar refractivity (Wildman–Crippen MR) is 131 cm³/mol. The number of allylic oxidation sites excluding steroid dienone is 6. The molecule has 2 atom stereocenters. The third-order valence-corrected chi connectivity index (χ3v) is 6.19. The summed E-state index contributed by atoms with van der Waals surface area (Å²) in [6.07, 6.45) is 12.9. The van der Waals surface area contributed by atoms with E-state index in [1.807, 2.05) is 0 Å². The van der Waals surface area contributed by atoms with Crippen molar-refractivity contribution >= 4 is 11.8 Å². The Morgan fingerprint density at radius 1 is 1.13 bits per heavy atom. The lowest BCUT2D eigenvalue weighted by Gasteiger charge is -2.25. The third kappa shape index (κ3) is 5.98. The molecular weight excluding hydrogens is 368 g/mol. The number of aromatic nitrogens is 2. The maximum atomic E-state index is 6.25. The van der Waals surface area contributed by atoms with E-state index in [0.29, 0.717) is 17.7 Å². The number of hydrogen-bond acceptors (Lipinski definition) is 4. The first-order valence-electron chi connectivity index (χ1n) is 11.1. The van der Waals surface area contributed by atoms with Crippen molar-refractivity contribution in [1.82, 2.24) is 9.97 Å². The summed E-state index contributed by atoms with van der Waals surface area (Å²) in [6, 6.07) is 0. The van der Waals surface area contributed by atoms with Crippen LogP contribution in [-0.2, 0) is 0 Å². The topological polar surface area (TPSA) is 77.8 Å². The van der Waals surface area contributed by atoms with Crippen LogP contribution in [0.2, 0.25) is 0 Å². The zero-order chi connectivity index (χ0) is 23.0. The lowest BCUT2D eigenvalue weighted by atomic mass is 9.80. The molecule has 0 aliphatic rings. The van der Waals surface area contributed by atoms with Gasteiger partial charge in [0.25, 0.3) is 0 Å². The van der Waals surface area contributed by atoms with Crippen LogP contribution in [0.4, 0.5) is 11.8 Å². The number of nitrogens with zero attached hydrogens (tertiary/aromatic N) is 2. The highest BCUT2D eigenvalue weighted by molar-refractivity contribution is 5.55. The van der Waals surface area contributed by atoms with Gasteiger partial charge >= 0.3 is 0 Å². The average molecular weight is 409 g/mol. The molecule has 1 rings (SSSR count). The van der Waals surface area contributed by atoms with E-state index in [9.17, 15) is 0 Å². The van der Waals surface area contributed by atoms with E-state index in [0.717, 1.165) is 30.4 Å². The number of terminal acetylenes is 1. The van der Waals surface area contributed by atoms with Crippen molar-refractivity contribution in [2.24, 2.45) is 11.8 Å². The van der Waals surface area contributed by atoms with Crippen LogP contribution in [0.1, 0.15) is 86.1 Å². The number of nitrogens with two attached hydrogens (primary N) is 2. The van der Waals surface area contributed by atoms with Gasteiger partial charge in [0.1, 0.15) is 5.82 Å². The number of rotatable bonds is 9. The van der Waals surface area contributed by atoms with Crippen molar-refractivity contribution in [1.29, 1.82) is 0 Å². The molecule has 0 aliphatic carbocycles. The third-order valence-electron chi connectivity index (χ3n) is 6.19. The molecule has 0 aromatic carbocycles. The quantitative estimate of drug-likeness (QED) is 0.364. The van der Waals surface area contributed by atoms with Crippen LogP contribution in [0.5, 0.6) is 0 Å². The average Bonchev–Trinajstić information content (AvgIpc) is 2.72. The minimum absolute atomic E-state index is 0.0523. The highest BCUT2D eigenvalue weighted by Gasteiger charge is 2.23. The van der Waals surface area contributed by atoms with Crippen LogP contribution in [0, 0.1) is 24.2 Å². The Hall–Kier alpha value is -2.54. The molecule has 2 unspecified atom stereocenters. The zero-order valence-corrected chi connectivity index (χ0v) is 20.1. The molecule has 0 saturated carbocycles. The summed E-state index contributed by atoms with van der Waals surface area (Å²) in [4.78, 5) is 8.40. The van der Waals surface area contributed by atoms with Gasteiger partial charge in [-0.2, -0.15) is 4.98 Å². The Bertz CT molecular complexity index is 866. The van der Waals surface area contributed by atoms with Crippen LogP contribution in [0.3, 0.4) is 0 Å². The molecule has 0 amide bonds. The van der Waals surface area contributed by atoms with Gasteiger partial charge in [-0.1, -0.05) is 58.6 Å². The standard InChI is InChI=1S/C26H40N4/c1-10-17(7)24(18(8)11-2)20(12-3)14-22(19(9)16(5)6)21(13-4)23-15-29-26(28)30-25(23)27/h3,14-17,21H,10-11,13H2,1-2,4-9H3,(H4,27,28,29,30)/b20-14-,22-19-,24-18+. The normalized spacial score (nSPS) is 15.9. The Morgan fingerprint density at radius 2 is 1.77 bits per heavy atom. The molecule has 4 nitrogen and oxygen atoms in total. The smallest absolute Gasteiger partial charge is 0.221 e. The van der Waals surface area contributed by atoms with E-state index in [1.54, 1.807) is 6.20 Å². The van der Waals surface area contributed by atoms with E-state index in [4.69, 9.17) is 17.9 Å². The number of hydrogen-bond donors (Lipinski definition) is 2. The van der Waals surface area contributed by atoms with Crippen molar-refractivity contribution < 1.29 is 0 Å². The Balaban J connectivity index is 3.81. The molecule has 1 aromatic rings. The van der Waals surface area contributed by atoms with Crippen LogP contribution in [-0.4, -0.2) is 9.97 Å². The van der Waals surface area contributed by atoms with E-state index >= 15 is 0 Å². The minimum Gasteiger partial charge on any atom is -0.383 e. The van der Waals surface area contributed by atoms with Gasteiger partial charge in [-0.25, -0.2) is 4.98 Å². The fraction of sp³-hybridized carbons (Fsp3) is 0.538. The molecule has 0 saturated heterocycles. The van der Waals surface area contributed by atoms with Gasteiger partial charge in [0, 0.05) is 23.3 Å². The molecule has 4 heteroatoms. The molecule has 164 valence electrons. The Kier molecular flexibility index (Phi) is 9.85. The fourth-order valence-electron chi connectivity index (χ4n) is 3.78. The SMILES string of the molecule is C#CC(=C/C(=C(\C)C(C)C)C(CC)c1cnc(N)nc1N)/C(=C(\C)CC)C(C)CC. The van der Waals surface area contributed by atoms with Gasteiger partial charge in [-0.3, -0.25) is 0 Å². The second-order valence-electron chi connectivity index (χ2n) is 8.38. The van der Waals surface area contributed by atoms with E-state index in [1.165, 1.54) is 22.3 Å². The van der Waals surface area contributed by atoms with Crippen molar-refractivity contribution in [2.75, 3.05) is 11.5 Å². The molecular formula is C26H40N4. The molecule has 0 bridgehead atoms. The first-order valence-corrected chi connectivity index (χ1v) is 11.1. The van der Waals surface area contributed by atoms with Gasteiger partial charge in [-0.15, -0.1) is 6.42 Å². The summed E-state index contributed by atoms with van der Waals surface area (Å²) in [5, 5.41) is 0. The summed E-state index contributed by atoms with van der Waals surface area (Å²) in [6.45, 7) is 17.6. The molecule has 4 N–H and O–H groups in total. The maximum absolute atomic E-state index is 6.25. The lowest BCUT2D eigenvalue weighted by molar-refractivity contribution is 0.653. The number of nitrogen functional groups attached to an aromatic ring is 2. The summed E-state index contributed by atoms with van der Waals surface area (Å²) >= 11 is 0. The first-order chi connectivity index (χ1) is 14.1. The Labute approximate surface area is 184 Å². The molecule has 0 radical (unpaired) electrons. The monoisotopic (exact) mass is 408 g/mol. The summed E-state index contributed by atoms with van der Waals surface area (Å²) < 4.78 is 0. The highest BCUT2D eigenvalue weighted by Crippen LogP contribution is 2.37. The summed E-state index contributed by atoms with van der Waals surface area (Å²) in [7, 11) is 0. The van der Waals surface area contributed by atoms with Crippen molar-refractivity contribution in [3.05, 3.63) is 45.7 Å². The molecule has 0 fully saturated rings. The number of anilines is 2. The molecule has 0 aliphatic heterocycles. The van der Waals surface area contributed by atoms with E-state index in [-0.39, 0.29) is 11.9 Å². The molecule has 30 heavy (non-hydrogen) atoms. The zero-order valence-electron chi connectivity index (χ0n) is 20.1. The second-order valence-corrected chi connectivity index (χ2v) is 8.38. The van der Waals surface area contributed by atoms with Gasteiger partial charge in [0.15, 0.2) is 0 Å². The summed E-state index contributed by atoms with van der Waals surface area (Å²) in [5.41, 5.74) is 19.0. The van der Waals surface area contributed by atoms with Crippen molar-refractivity contribution in [3.8, 4) is 12.3 Å².